The van der Waals surface area contributed by atoms with E-state index in [-0.39, 0.29) is 5.91 Å². The highest BCUT2D eigenvalue weighted by Crippen LogP contribution is 2.15. The third-order valence-electron chi connectivity index (χ3n) is 4.24. The van der Waals surface area contributed by atoms with E-state index in [4.69, 9.17) is 4.74 Å². The van der Waals surface area contributed by atoms with Crippen molar-refractivity contribution in [1.82, 2.24) is 16.0 Å². The van der Waals surface area contributed by atoms with E-state index in [1.54, 1.807) is 31.4 Å². The number of aliphatic imine (C=N–C) groups is 1. The van der Waals surface area contributed by atoms with Crippen molar-refractivity contribution >= 4 is 11.9 Å². The summed E-state index contributed by atoms with van der Waals surface area (Å²) in [5.74, 6) is 1.15. The molecule has 0 saturated heterocycles. The van der Waals surface area contributed by atoms with Gasteiger partial charge in [-0.15, -0.1) is 0 Å². The summed E-state index contributed by atoms with van der Waals surface area (Å²) in [5, 5.41) is 19.4. The van der Waals surface area contributed by atoms with Crippen molar-refractivity contribution in [2.24, 2.45) is 4.99 Å². The standard InChI is InChI=1S/C22H30N4O3/c1-3-23-22(25-13-12-20(27)17-8-5-4-6-9-17)26-15-14-24-21(28)18-10-7-11-19(16-18)29-2/h4-11,16,20,27H,3,12-15H2,1-2H3,(H,24,28)(H2,23,25,26). The average Bonchev–Trinajstić information content (AvgIpc) is 2.77. The van der Waals surface area contributed by atoms with Crippen LogP contribution in [0.15, 0.2) is 59.6 Å². The normalized spacial score (nSPS) is 12.2. The Hall–Kier alpha value is -3.06. The largest absolute Gasteiger partial charge is 0.497 e. The van der Waals surface area contributed by atoms with E-state index in [1.807, 2.05) is 37.3 Å². The Balaban J connectivity index is 1.75. The number of rotatable bonds is 10. The highest BCUT2D eigenvalue weighted by Gasteiger charge is 2.07. The molecule has 0 fully saturated rings. The van der Waals surface area contributed by atoms with Gasteiger partial charge in [-0.3, -0.25) is 9.79 Å². The average molecular weight is 399 g/mol. The van der Waals surface area contributed by atoms with Crippen LogP contribution in [0.2, 0.25) is 0 Å². The first-order valence-electron chi connectivity index (χ1n) is 9.81. The summed E-state index contributed by atoms with van der Waals surface area (Å²) in [6.07, 6.45) is -0.00217. The number of guanidine groups is 1. The zero-order chi connectivity index (χ0) is 20.9. The predicted molar refractivity (Wildman–Crippen MR) is 115 cm³/mol. The molecule has 7 nitrogen and oxygen atoms in total. The number of carbonyl (C=O) groups excluding carboxylic acids is 1. The molecule has 0 aliphatic heterocycles. The van der Waals surface area contributed by atoms with Crippen LogP contribution in [0.25, 0.3) is 0 Å². The Morgan fingerprint density at radius 3 is 2.55 bits per heavy atom. The second-order valence-corrected chi connectivity index (χ2v) is 6.39. The molecular formula is C22H30N4O3. The molecule has 1 unspecified atom stereocenters. The number of nitrogens with one attached hydrogen (secondary N) is 3. The van der Waals surface area contributed by atoms with Crippen molar-refractivity contribution in [1.29, 1.82) is 0 Å². The topological polar surface area (TPSA) is 95.0 Å². The van der Waals surface area contributed by atoms with Crippen LogP contribution in [-0.4, -0.2) is 50.3 Å². The highest BCUT2D eigenvalue weighted by molar-refractivity contribution is 5.94. The summed E-state index contributed by atoms with van der Waals surface area (Å²) in [5.41, 5.74) is 1.45. The van der Waals surface area contributed by atoms with Crippen molar-refractivity contribution in [2.75, 3.05) is 33.3 Å². The second kappa shape index (κ2) is 12.4. The molecule has 0 aromatic heterocycles. The third kappa shape index (κ3) is 7.83. The van der Waals surface area contributed by atoms with E-state index in [9.17, 15) is 9.90 Å². The van der Waals surface area contributed by atoms with Crippen molar-refractivity contribution in [3.63, 3.8) is 0 Å². The fourth-order valence-corrected chi connectivity index (χ4v) is 2.71. The van der Waals surface area contributed by atoms with Crippen LogP contribution in [0.5, 0.6) is 5.75 Å². The van der Waals surface area contributed by atoms with Crippen LogP contribution in [0.3, 0.4) is 0 Å². The monoisotopic (exact) mass is 398 g/mol. The van der Waals surface area contributed by atoms with Gasteiger partial charge in [-0.1, -0.05) is 36.4 Å². The molecule has 0 saturated carbocycles. The van der Waals surface area contributed by atoms with Gasteiger partial charge < -0.3 is 25.8 Å². The fraction of sp³-hybridized carbons (Fsp3) is 0.364. The van der Waals surface area contributed by atoms with Crippen LogP contribution in [0.4, 0.5) is 0 Å². The molecule has 0 aliphatic carbocycles. The van der Waals surface area contributed by atoms with E-state index < -0.39 is 6.10 Å². The number of hydrogen-bond acceptors (Lipinski definition) is 4. The molecule has 0 radical (unpaired) electrons. The maximum absolute atomic E-state index is 12.2. The molecular weight excluding hydrogens is 368 g/mol. The predicted octanol–water partition coefficient (Wildman–Crippen LogP) is 2.10. The van der Waals surface area contributed by atoms with Gasteiger partial charge in [-0.05, 0) is 37.1 Å². The van der Waals surface area contributed by atoms with Gasteiger partial charge in [0.25, 0.3) is 5.91 Å². The van der Waals surface area contributed by atoms with Crippen molar-refractivity contribution < 1.29 is 14.6 Å². The lowest BCUT2D eigenvalue weighted by Crippen LogP contribution is -2.41. The maximum atomic E-state index is 12.2. The molecule has 0 heterocycles. The summed E-state index contributed by atoms with van der Waals surface area (Å²) < 4.78 is 5.14. The Kier molecular flexibility index (Phi) is 9.51. The number of benzene rings is 2. The van der Waals surface area contributed by atoms with Gasteiger partial charge in [0.15, 0.2) is 5.96 Å². The minimum atomic E-state index is -0.537. The van der Waals surface area contributed by atoms with Gasteiger partial charge in [0.2, 0.25) is 0 Å². The van der Waals surface area contributed by atoms with Crippen LogP contribution < -0.4 is 20.7 Å². The number of aliphatic hydroxyl groups is 1. The molecule has 4 N–H and O–H groups in total. The van der Waals surface area contributed by atoms with Gasteiger partial charge in [0.1, 0.15) is 5.75 Å². The number of aliphatic hydroxyl groups excluding tert-OH is 1. The van der Waals surface area contributed by atoms with Crippen molar-refractivity contribution in [3.8, 4) is 5.75 Å². The van der Waals surface area contributed by atoms with Gasteiger partial charge in [-0.2, -0.15) is 0 Å². The Labute approximate surface area is 172 Å². The molecule has 0 bridgehead atoms. The van der Waals surface area contributed by atoms with Gasteiger partial charge in [0, 0.05) is 31.7 Å². The van der Waals surface area contributed by atoms with E-state index >= 15 is 0 Å². The molecule has 0 aliphatic rings. The van der Waals surface area contributed by atoms with E-state index in [1.165, 1.54) is 0 Å². The number of ether oxygens (including phenoxy) is 1. The van der Waals surface area contributed by atoms with E-state index in [0.717, 1.165) is 12.1 Å². The molecule has 0 spiro atoms. The molecule has 29 heavy (non-hydrogen) atoms. The summed E-state index contributed by atoms with van der Waals surface area (Å²) >= 11 is 0. The van der Waals surface area contributed by atoms with Crippen LogP contribution in [0, 0.1) is 0 Å². The van der Waals surface area contributed by atoms with E-state index in [0.29, 0.717) is 43.3 Å². The van der Waals surface area contributed by atoms with Crippen LogP contribution in [-0.2, 0) is 0 Å². The summed E-state index contributed by atoms with van der Waals surface area (Å²) in [6.45, 7) is 4.18. The minimum Gasteiger partial charge on any atom is -0.497 e. The quantitative estimate of drug-likeness (QED) is 0.279. The number of hydrogen-bond donors (Lipinski definition) is 4. The summed E-state index contributed by atoms with van der Waals surface area (Å²) in [4.78, 5) is 16.7. The first-order chi connectivity index (χ1) is 14.1. The zero-order valence-corrected chi connectivity index (χ0v) is 17.0. The number of methoxy groups -OCH3 is 1. The summed E-state index contributed by atoms with van der Waals surface area (Å²) in [6, 6.07) is 16.6. The number of carbonyl (C=O) groups is 1. The maximum Gasteiger partial charge on any atom is 0.251 e. The Bertz CT molecular complexity index is 781. The molecule has 7 heteroatoms. The second-order valence-electron chi connectivity index (χ2n) is 6.39. The molecule has 156 valence electrons. The number of nitrogens with zero attached hydrogens (tertiary/aromatic N) is 1. The van der Waals surface area contributed by atoms with Gasteiger partial charge >= 0.3 is 0 Å². The highest BCUT2D eigenvalue weighted by atomic mass is 16.5. The first kappa shape index (κ1) is 22.2. The zero-order valence-electron chi connectivity index (χ0n) is 17.0. The summed E-state index contributed by atoms with van der Waals surface area (Å²) in [7, 11) is 1.57. The Morgan fingerprint density at radius 2 is 1.83 bits per heavy atom. The van der Waals surface area contributed by atoms with Crippen LogP contribution in [0.1, 0.15) is 35.4 Å². The van der Waals surface area contributed by atoms with Crippen molar-refractivity contribution in [2.45, 2.75) is 19.4 Å². The molecule has 1 amide bonds. The van der Waals surface area contributed by atoms with Crippen molar-refractivity contribution in [3.05, 3.63) is 65.7 Å². The van der Waals surface area contributed by atoms with Gasteiger partial charge in [-0.25, -0.2) is 0 Å². The molecule has 2 aromatic rings. The smallest absolute Gasteiger partial charge is 0.251 e. The van der Waals surface area contributed by atoms with Crippen LogP contribution >= 0.6 is 0 Å². The molecule has 2 rings (SSSR count). The SMILES string of the molecule is CCNC(=NCCC(O)c1ccccc1)NCCNC(=O)c1cccc(OC)c1. The number of amides is 1. The first-order valence-corrected chi connectivity index (χ1v) is 9.81. The Morgan fingerprint density at radius 1 is 1.07 bits per heavy atom. The lowest BCUT2D eigenvalue weighted by molar-refractivity contribution is 0.0954. The molecule has 1 atom stereocenters. The lowest BCUT2D eigenvalue weighted by atomic mass is 10.1. The van der Waals surface area contributed by atoms with Gasteiger partial charge in [0.05, 0.1) is 13.2 Å². The fourth-order valence-electron chi connectivity index (χ4n) is 2.71. The third-order valence-corrected chi connectivity index (χ3v) is 4.24. The minimum absolute atomic E-state index is 0.154. The lowest BCUT2D eigenvalue weighted by Gasteiger charge is -2.13. The molecule has 2 aromatic carbocycles. The van der Waals surface area contributed by atoms with E-state index in [2.05, 4.69) is 20.9 Å².